The van der Waals surface area contributed by atoms with Crippen molar-refractivity contribution in [2.24, 2.45) is 4.99 Å². The highest BCUT2D eigenvalue weighted by molar-refractivity contribution is 6.17. The number of anilines is 1. The first-order valence-electron chi connectivity index (χ1n) is 10.9. The van der Waals surface area contributed by atoms with Gasteiger partial charge in [-0.25, -0.2) is 4.39 Å². The molecule has 0 atom stereocenters. The Kier molecular flexibility index (Phi) is 5.97. The standard InChI is InChI=1S/C26H21FN4O3/c27-20-9-6-16(7-10-20)17-8-11-21-23(14-17)29-24(33)15-22(28-21)18-3-1-4-19(13-18)26-30-25(34-31-26)5-2-12-32/h1,3-4,6-11,13-14,32H,2,5,12,15H2,(H,29,33). The number of nitrogens with zero attached hydrogens (tertiary/aromatic N) is 3. The molecule has 1 aromatic heterocycles. The van der Waals surface area contributed by atoms with E-state index in [2.05, 4.69) is 15.5 Å². The van der Waals surface area contributed by atoms with Crippen LogP contribution >= 0.6 is 0 Å². The van der Waals surface area contributed by atoms with E-state index in [9.17, 15) is 9.18 Å². The molecule has 0 unspecified atom stereocenters. The highest BCUT2D eigenvalue weighted by Gasteiger charge is 2.19. The molecule has 34 heavy (non-hydrogen) atoms. The summed E-state index contributed by atoms with van der Waals surface area (Å²) >= 11 is 0. The number of aryl methyl sites for hydroxylation is 1. The lowest BCUT2D eigenvalue weighted by atomic mass is 10.0. The van der Waals surface area contributed by atoms with Gasteiger partial charge in [0.05, 0.1) is 23.5 Å². The lowest BCUT2D eigenvalue weighted by Gasteiger charge is -2.08. The molecule has 7 nitrogen and oxygen atoms in total. The van der Waals surface area contributed by atoms with E-state index in [1.807, 2.05) is 42.5 Å². The summed E-state index contributed by atoms with van der Waals surface area (Å²) in [5.41, 5.74) is 5.09. The predicted molar refractivity (Wildman–Crippen MR) is 126 cm³/mol. The zero-order chi connectivity index (χ0) is 23.5. The Bertz CT molecular complexity index is 1380. The SMILES string of the molecule is O=C1CC(c2cccc(-c3noc(CCCO)n3)c2)=Nc2ccc(-c3ccc(F)cc3)cc2N1. The molecule has 3 aromatic carbocycles. The summed E-state index contributed by atoms with van der Waals surface area (Å²) in [6.07, 6.45) is 1.17. The number of aliphatic imine (C=N–C) groups is 1. The minimum absolute atomic E-state index is 0.0575. The molecule has 0 bridgehead atoms. The third kappa shape index (κ3) is 4.62. The molecule has 1 aliphatic heterocycles. The van der Waals surface area contributed by atoms with E-state index in [0.29, 0.717) is 41.6 Å². The fraction of sp³-hybridized carbons (Fsp3) is 0.154. The zero-order valence-corrected chi connectivity index (χ0v) is 18.2. The molecule has 2 heterocycles. The lowest BCUT2D eigenvalue weighted by Crippen LogP contribution is -2.15. The van der Waals surface area contributed by atoms with Crippen LogP contribution in [0.4, 0.5) is 15.8 Å². The van der Waals surface area contributed by atoms with E-state index < -0.39 is 0 Å². The molecule has 4 aromatic rings. The Morgan fingerprint density at radius 1 is 0.971 bits per heavy atom. The third-order valence-electron chi connectivity index (χ3n) is 5.50. The van der Waals surface area contributed by atoms with Gasteiger partial charge in [0.2, 0.25) is 17.6 Å². The van der Waals surface area contributed by atoms with Crippen molar-refractivity contribution in [2.45, 2.75) is 19.3 Å². The Labute approximate surface area is 195 Å². The van der Waals surface area contributed by atoms with Gasteiger partial charge in [-0.05, 0) is 53.4 Å². The maximum Gasteiger partial charge on any atom is 0.230 e. The summed E-state index contributed by atoms with van der Waals surface area (Å²) in [6, 6.07) is 19.3. The number of hydrogen-bond acceptors (Lipinski definition) is 6. The number of aromatic nitrogens is 2. The van der Waals surface area contributed by atoms with E-state index in [1.54, 1.807) is 12.1 Å². The van der Waals surface area contributed by atoms with Gasteiger partial charge in [0, 0.05) is 18.6 Å². The summed E-state index contributed by atoms with van der Waals surface area (Å²) in [7, 11) is 0. The summed E-state index contributed by atoms with van der Waals surface area (Å²) in [6.45, 7) is 0.0575. The van der Waals surface area contributed by atoms with Crippen LogP contribution in [0.25, 0.3) is 22.5 Å². The Morgan fingerprint density at radius 3 is 2.59 bits per heavy atom. The first kappa shape index (κ1) is 21.7. The van der Waals surface area contributed by atoms with Gasteiger partial charge in [0.25, 0.3) is 0 Å². The van der Waals surface area contributed by atoms with Gasteiger partial charge in [0.1, 0.15) is 5.82 Å². The average Bonchev–Trinajstić information content (AvgIpc) is 3.26. The average molecular weight is 456 g/mol. The molecular formula is C26H21FN4O3. The second-order valence-electron chi connectivity index (χ2n) is 7.94. The second kappa shape index (κ2) is 9.36. The van der Waals surface area contributed by atoms with Gasteiger partial charge in [0.15, 0.2) is 0 Å². The second-order valence-corrected chi connectivity index (χ2v) is 7.94. The van der Waals surface area contributed by atoms with Crippen LogP contribution in [0.3, 0.4) is 0 Å². The third-order valence-corrected chi connectivity index (χ3v) is 5.50. The monoisotopic (exact) mass is 456 g/mol. The van der Waals surface area contributed by atoms with Crippen LogP contribution in [-0.4, -0.2) is 33.5 Å². The number of nitrogens with one attached hydrogen (secondary N) is 1. The van der Waals surface area contributed by atoms with E-state index >= 15 is 0 Å². The molecule has 0 aliphatic carbocycles. The van der Waals surface area contributed by atoms with Gasteiger partial charge in [-0.1, -0.05) is 41.6 Å². The predicted octanol–water partition coefficient (Wildman–Crippen LogP) is 4.93. The van der Waals surface area contributed by atoms with Crippen molar-refractivity contribution >= 4 is 23.0 Å². The van der Waals surface area contributed by atoms with Crippen LogP contribution in [0.2, 0.25) is 0 Å². The van der Waals surface area contributed by atoms with Gasteiger partial charge in [-0.3, -0.25) is 9.79 Å². The van der Waals surface area contributed by atoms with Crippen LogP contribution in [0.15, 0.2) is 76.2 Å². The Hall–Kier alpha value is -4.17. The van der Waals surface area contributed by atoms with Crippen molar-refractivity contribution < 1.29 is 18.8 Å². The highest BCUT2D eigenvalue weighted by atomic mass is 19.1. The van der Waals surface area contributed by atoms with Crippen molar-refractivity contribution in [2.75, 3.05) is 11.9 Å². The molecule has 1 amide bonds. The number of rotatable bonds is 6. The molecule has 170 valence electrons. The maximum atomic E-state index is 13.3. The maximum absolute atomic E-state index is 13.3. The van der Waals surface area contributed by atoms with Gasteiger partial charge in [-0.2, -0.15) is 4.98 Å². The normalized spacial score (nSPS) is 13.1. The van der Waals surface area contributed by atoms with E-state index in [0.717, 1.165) is 22.3 Å². The number of carbonyl (C=O) groups excluding carboxylic acids is 1. The number of carbonyl (C=O) groups is 1. The topological polar surface area (TPSA) is 101 Å². The molecule has 0 spiro atoms. The van der Waals surface area contributed by atoms with Crippen LogP contribution in [0.5, 0.6) is 0 Å². The Balaban J connectivity index is 1.46. The van der Waals surface area contributed by atoms with Gasteiger partial charge in [-0.15, -0.1) is 0 Å². The number of amides is 1. The largest absolute Gasteiger partial charge is 0.396 e. The smallest absolute Gasteiger partial charge is 0.230 e. The molecule has 2 N–H and O–H groups in total. The highest BCUT2D eigenvalue weighted by Crippen LogP contribution is 2.34. The van der Waals surface area contributed by atoms with Crippen molar-refractivity contribution in [3.05, 3.63) is 84.0 Å². The van der Waals surface area contributed by atoms with Crippen LogP contribution in [-0.2, 0) is 11.2 Å². The molecule has 0 saturated heterocycles. The first-order valence-corrected chi connectivity index (χ1v) is 10.9. The van der Waals surface area contributed by atoms with Gasteiger partial charge >= 0.3 is 0 Å². The van der Waals surface area contributed by atoms with Crippen molar-refractivity contribution in [1.82, 2.24) is 10.1 Å². The number of aliphatic hydroxyl groups is 1. The quantitative estimate of drug-likeness (QED) is 0.428. The summed E-state index contributed by atoms with van der Waals surface area (Å²) in [5.74, 6) is 0.430. The molecular weight excluding hydrogens is 435 g/mol. The molecule has 5 rings (SSSR count). The molecule has 0 fully saturated rings. The van der Waals surface area contributed by atoms with Crippen LogP contribution in [0, 0.1) is 5.82 Å². The Morgan fingerprint density at radius 2 is 1.76 bits per heavy atom. The van der Waals surface area contributed by atoms with Crippen LogP contribution < -0.4 is 5.32 Å². The lowest BCUT2D eigenvalue weighted by molar-refractivity contribution is -0.115. The molecule has 0 radical (unpaired) electrons. The number of aliphatic hydroxyl groups excluding tert-OH is 1. The van der Waals surface area contributed by atoms with Crippen molar-refractivity contribution in [3.8, 4) is 22.5 Å². The van der Waals surface area contributed by atoms with E-state index in [4.69, 9.17) is 14.6 Å². The van der Waals surface area contributed by atoms with Crippen molar-refractivity contribution in [1.29, 1.82) is 0 Å². The van der Waals surface area contributed by atoms with Crippen molar-refractivity contribution in [3.63, 3.8) is 0 Å². The first-order chi connectivity index (χ1) is 16.6. The van der Waals surface area contributed by atoms with Crippen LogP contribution in [0.1, 0.15) is 24.3 Å². The summed E-state index contributed by atoms with van der Waals surface area (Å²) in [5, 5.41) is 15.9. The van der Waals surface area contributed by atoms with E-state index in [-0.39, 0.29) is 24.8 Å². The van der Waals surface area contributed by atoms with E-state index in [1.165, 1.54) is 12.1 Å². The molecule has 0 saturated carbocycles. The molecule has 1 aliphatic rings. The number of hydrogen-bond donors (Lipinski definition) is 2. The number of halogens is 1. The fourth-order valence-electron chi connectivity index (χ4n) is 3.80. The number of benzene rings is 3. The number of fused-ring (bicyclic) bond motifs is 1. The minimum Gasteiger partial charge on any atom is -0.396 e. The molecule has 8 heteroatoms. The minimum atomic E-state index is -0.300. The zero-order valence-electron chi connectivity index (χ0n) is 18.2. The van der Waals surface area contributed by atoms with Gasteiger partial charge < -0.3 is 14.9 Å². The fourth-order valence-corrected chi connectivity index (χ4v) is 3.80. The summed E-state index contributed by atoms with van der Waals surface area (Å²) < 4.78 is 18.5. The summed E-state index contributed by atoms with van der Waals surface area (Å²) in [4.78, 5) is 21.8.